The third-order valence-electron chi connectivity index (χ3n) is 2.07. The Bertz CT molecular complexity index is 433. The van der Waals surface area contributed by atoms with Crippen LogP contribution in [0.5, 0.6) is 0 Å². The van der Waals surface area contributed by atoms with E-state index in [0.29, 0.717) is 6.54 Å². The maximum atomic E-state index is 12.1. The van der Waals surface area contributed by atoms with Gasteiger partial charge >= 0.3 is 0 Å². The van der Waals surface area contributed by atoms with Crippen molar-refractivity contribution in [2.24, 2.45) is 11.7 Å². The van der Waals surface area contributed by atoms with Crippen molar-refractivity contribution < 1.29 is 9.59 Å². The lowest BCUT2D eigenvalue weighted by Gasteiger charge is -2.22. The van der Waals surface area contributed by atoms with Crippen LogP contribution in [-0.2, 0) is 4.79 Å². The Labute approximate surface area is 110 Å². The van der Waals surface area contributed by atoms with Gasteiger partial charge in [-0.15, -0.1) is 10.2 Å². The van der Waals surface area contributed by atoms with Gasteiger partial charge in [0.15, 0.2) is 10.8 Å². The van der Waals surface area contributed by atoms with E-state index in [1.807, 2.05) is 13.8 Å². The molecule has 0 aromatic carbocycles. The predicted molar refractivity (Wildman–Crippen MR) is 67.0 cm³/mol. The molecule has 0 bridgehead atoms. The van der Waals surface area contributed by atoms with Crippen LogP contribution in [-0.4, -0.2) is 40.0 Å². The summed E-state index contributed by atoms with van der Waals surface area (Å²) in [6.07, 6.45) is 0. The fraction of sp³-hybridized carbons (Fsp3) is 0.455. The fourth-order valence-electron chi connectivity index (χ4n) is 1.44. The quantitative estimate of drug-likeness (QED) is 0.853. The van der Waals surface area contributed by atoms with E-state index in [0.717, 1.165) is 0 Å². The van der Waals surface area contributed by atoms with E-state index < -0.39 is 5.91 Å². The second-order valence-corrected chi connectivity index (χ2v) is 4.67. The van der Waals surface area contributed by atoms with E-state index in [9.17, 15) is 9.59 Å². The lowest BCUT2D eigenvalue weighted by Crippen LogP contribution is -2.40. The fourth-order valence-corrected chi connectivity index (χ4v) is 1.54. The second-order valence-electron chi connectivity index (χ2n) is 4.29. The zero-order valence-electron chi connectivity index (χ0n) is 10.3. The average Bonchev–Trinajstić information content (AvgIpc) is 2.27. The molecule has 0 saturated heterocycles. The number of rotatable bonds is 5. The van der Waals surface area contributed by atoms with Gasteiger partial charge in [-0.25, -0.2) is 0 Å². The van der Waals surface area contributed by atoms with Gasteiger partial charge in [-0.2, -0.15) is 0 Å². The minimum Gasteiger partial charge on any atom is -0.368 e. The van der Waals surface area contributed by atoms with Crippen LogP contribution in [0.2, 0.25) is 5.15 Å². The Morgan fingerprint density at radius 1 is 1.39 bits per heavy atom. The minimum absolute atomic E-state index is 0.138. The minimum atomic E-state index is -0.564. The molecule has 0 aliphatic carbocycles. The van der Waals surface area contributed by atoms with Gasteiger partial charge < -0.3 is 10.6 Å². The molecule has 0 saturated carbocycles. The summed E-state index contributed by atoms with van der Waals surface area (Å²) in [5, 5.41) is 7.49. The Kier molecular flexibility index (Phi) is 5.03. The first-order valence-electron chi connectivity index (χ1n) is 5.47. The summed E-state index contributed by atoms with van der Waals surface area (Å²) >= 11 is 5.59. The first kappa shape index (κ1) is 14.4. The Hall–Kier alpha value is -1.69. The molecule has 1 heterocycles. The number of amides is 2. The van der Waals surface area contributed by atoms with Crippen LogP contribution in [0.3, 0.4) is 0 Å². The molecule has 0 spiro atoms. The predicted octanol–water partition coefficient (Wildman–Crippen LogP) is 0.713. The number of carbonyl (C=O) groups is 2. The van der Waals surface area contributed by atoms with E-state index in [4.69, 9.17) is 17.3 Å². The molecule has 0 aliphatic rings. The molecule has 7 heteroatoms. The van der Waals surface area contributed by atoms with Crippen molar-refractivity contribution in [3.63, 3.8) is 0 Å². The number of hydrogen-bond acceptors (Lipinski definition) is 4. The summed E-state index contributed by atoms with van der Waals surface area (Å²) in [5.41, 5.74) is 5.26. The monoisotopic (exact) mass is 270 g/mol. The van der Waals surface area contributed by atoms with Gasteiger partial charge in [0.05, 0.1) is 6.54 Å². The molecular formula is C11H15ClN4O2. The summed E-state index contributed by atoms with van der Waals surface area (Å²) < 4.78 is 0. The van der Waals surface area contributed by atoms with E-state index in [1.54, 1.807) is 0 Å². The molecule has 1 aromatic heterocycles. The van der Waals surface area contributed by atoms with Gasteiger partial charge in [0.25, 0.3) is 5.91 Å². The van der Waals surface area contributed by atoms with E-state index in [-0.39, 0.29) is 29.2 Å². The molecule has 18 heavy (non-hydrogen) atoms. The largest absolute Gasteiger partial charge is 0.368 e. The molecule has 1 aromatic rings. The third kappa shape index (κ3) is 4.29. The number of halogens is 1. The number of nitrogens with zero attached hydrogens (tertiary/aromatic N) is 3. The maximum absolute atomic E-state index is 12.1. The summed E-state index contributed by atoms with van der Waals surface area (Å²) in [6, 6.07) is 2.94. The highest BCUT2D eigenvalue weighted by Crippen LogP contribution is 2.07. The Morgan fingerprint density at radius 3 is 2.50 bits per heavy atom. The number of aromatic nitrogens is 2. The standard InChI is InChI=1S/C11H15ClN4O2/c1-7(2)5-16(6-10(13)17)11(18)8-3-4-9(12)15-14-8/h3-4,7H,5-6H2,1-2H3,(H2,13,17). The smallest absolute Gasteiger partial charge is 0.274 e. The number of nitrogens with two attached hydrogens (primary N) is 1. The molecule has 2 amide bonds. The van der Waals surface area contributed by atoms with Gasteiger partial charge in [-0.1, -0.05) is 25.4 Å². The highest BCUT2D eigenvalue weighted by molar-refractivity contribution is 6.29. The zero-order chi connectivity index (χ0) is 13.7. The van der Waals surface area contributed by atoms with Crippen molar-refractivity contribution in [1.82, 2.24) is 15.1 Å². The number of carbonyl (C=O) groups excluding carboxylic acids is 2. The molecule has 1 rings (SSSR count). The molecular weight excluding hydrogens is 256 g/mol. The van der Waals surface area contributed by atoms with Crippen LogP contribution in [0, 0.1) is 5.92 Å². The van der Waals surface area contributed by atoms with Crippen LogP contribution in [0.25, 0.3) is 0 Å². The highest BCUT2D eigenvalue weighted by atomic mass is 35.5. The van der Waals surface area contributed by atoms with Crippen molar-refractivity contribution in [1.29, 1.82) is 0 Å². The first-order chi connectivity index (χ1) is 8.40. The lowest BCUT2D eigenvalue weighted by atomic mass is 10.2. The molecule has 0 fully saturated rings. The molecule has 2 N–H and O–H groups in total. The first-order valence-corrected chi connectivity index (χ1v) is 5.84. The molecule has 0 unspecified atom stereocenters. The second kappa shape index (κ2) is 6.30. The number of primary amides is 1. The molecule has 98 valence electrons. The van der Waals surface area contributed by atoms with Crippen LogP contribution >= 0.6 is 11.6 Å². The van der Waals surface area contributed by atoms with Gasteiger partial charge in [0.1, 0.15) is 0 Å². The van der Waals surface area contributed by atoms with E-state index in [2.05, 4.69) is 10.2 Å². The zero-order valence-corrected chi connectivity index (χ0v) is 11.0. The summed E-state index contributed by atoms with van der Waals surface area (Å²) in [6.45, 7) is 4.16. The normalized spacial score (nSPS) is 10.4. The maximum Gasteiger partial charge on any atom is 0.274 e. The average molecular weight is 271 g/mol. The molecule has 0 aliphatic heterocycles. The Balaban J connectivity index is 2.87. The van der Waals surface area contributed by atoms with E-state index in [1.165, 1.54) is 17.0 Å². The van der Waals surface area contributed by atoms with Crippen LogP contribution in [0.4, 0.5) is 0 Å². The molecule has 0 atom stereocenters. The SMILES string of the molecule is CC(C)CN(CC(N)=O)C(=O)c1ccc(Cl)nn1. The molecule has 6 nitrogen and oxygen atoms in total. The van der Waals surface area contributed by atoms with Crippen molar-refractivity contribution in [2.75, 3.05) is 13.1 Å². The summed E-state index contributed by atoms with van der Waals surface area (Å²) in [5.74, 6) is -0.730. The van der Waals surface area contributed by atoms with Gasteiger partial charge in [0, 0.05) is 6.54 Å². The van der Waals surface area contributed by atoms with Crippen LogP contribution < -0.4 is 5.73 Å². The van der Waals surface area contributed by atoms with Crippen LogP contribution in [0.1, 0.15) is 24.3 Å². The van der Waals surface area contributed by atoms with Gasteiger partial charge in [-0.05, 0) is 18.1 Å². The highest BCUT2D eigenvalue weighted by Gasteiger charge is 2.20. The van der Waals surface area contributed by atoms with Crippen LogP contribution in [0.15, 0.2) is 12.1 Å². The van der Waals surface area contributed by atoms with Crippen molar-refractivity contribution in [2.45, 2.75) is 13.8 Å². The van der Waals surface area contributed by atoms with Gasteiger partial charge in [-0.3, -0.25) is 9.59 Å². The number of hydrogen-bond donors (Lipinski definition) is 1. The molecule has 0 radical (unpaired) electrons. The van der Waals surface area contributed by atoms with Crippen molar-refractivity contribution in [3.8, 4) is 0 Å². The third-order valence-corrected chi connectivity index (χ3v) is 2.27. The van der Waals surface area contributed by atoms with Gasteiger partial charge in [0.2, 0.25) is 5.91 Å². The summed E-state index contributed by atoms with van der Waals surface area (Å²) in [4.78, 5) is 24.4. The topological polar surface area (TPSA) is 89.2 Å². The Morgan fingerprint density at radius 2 is 2.06 bits per heavy atom. The lowest BCUT2D eigenvalue weighted by molar-refractivity contribution is -0.118. The van der Waals surface area contributed by atoms with E-state index >= 15 is 0 Å². The summed E-state index contributed by atoms with van der Waals surface area (Å²) in [7, 11) is 0. The van der Waals surface area contributed by atoms with Crippen molar-refractivity contribution >= 4 is 23.4 Å². The van der Waals surface area contributed by atoms with Crippen molar-refractivity contribution in [3.05, 3.63) is 23.0 Å².